The van der Waals surface area contributed by atoms with Crippen molar-refractivity contribution in [3.8, 4) is 0 Å². The molecule has 1 atom stereocenters. The second kappa shape index (κ2) is 10.1. The van der Waals surface area contributed by atoms with E-state index in [1.807, 2.05) is 6.92 Å². The minimum atomic E-state index is -0.620. The molecular weight excluding hydrogens is 437 g/mol. The van der Waals surface area contributed by atoms with Crippen LogP contribution in [0, 0.1) is 15.9 Å². The average Bonchev–Trinajstić information content (AvgIpc) is 3.20. The summed E-state index contributed by atoms with van der Waals surface area (Å²) in [5.74, 6) is -1.01. The molecule has 0 aliphatic rings. The molecule has 0 spiro atoms. The summed E-state index contributed by atoms with van der Waals surface area (Å²) in [5.41, 5.74) is 0.0124. The third kappa shape index (κ3) is 5.17. The number of rotatable bonds is 9. The molecule has 1 amide bonds. The highest BCUT2D eigenvalue weighted by atomic mass is 32.2. The molecule has 1 aromatic heterocycles. The zero-order chi connectivity index (χ0) is 23.3. The summed E-state index contributed by atoms with van der Waals surface area (Å²) in [6.45, 7) is 4.05. The van der Waals surface area contributed by atoms with E-state index in [0.717, 1.165) is 11.8 Å². The number of nitrogens with one attached hydrogen (secondary N) is 1. The van der Waals surface area contributed by atoms with Crippen molar-refractivity contribution >= 4 is 29.1 Å². The van der Waals surface area contributed by atoms with Crippen LogP contribution in [-0.4, -0.2) is 37.1 Å². The fourth-order valence-electron chi connectivity index (χ4n) is 3.02. The summed E-state index contributed by atoms with van der Waals surface area (Å²) in [6.07, 6.45) is 0. The van der Waals surface area contributed by atoms with Gasteiger partial charge >= 0.3 is 0 Å². The van der Waals surface area contributed by atoms with Crippen LogP contribution in [-0.2, 0) is 6.54 Å². The third-order valence-electron chi connectivity index (χ3n) is 4.63. The normalized spacial score (nSPS) is 11.7. The average molecular weight is 457 g/mol. The van der Waals surface area contributed by atoms with Gasteiger partial charge in [-0.25, -0.2) is 4.39 Å². The first kappa shape index (κ1) is 23.1. The van der Waals surface area contributed by atoms with Gasteiger partial charge in [0.15, 0.2) is 16.8 Å². The summed E-state index contributed by atoms with van der Waals surface area (Å²) < 4.78 is 15.6. The highest BCUT2D eigenvalue weighted by molar-refractivity contribution is 7.99. The summed E-state index contributed by atoms with van der Waals surface area (Å²) in [6, 6.07) is 10.7. The molecule has 32 heavy (non-hydrogen) atoms. The standard InChI is InChI=1S/C21H20FN5O4S/c1-3-26-19(13(2)23-20(29)16-9-4-5-10-17(16)22)24-25-21(26)32-12-18(28)14-7-6-8-15(11-14)27(30)31/h4-11,13H,3,12H2,1-2H3,(H,23,29)/t13-/m1/s1. The van der Waals surface area contributed by atoms with E-state index in [2.05, 4.69) is 15.5 Å². The third-order valence-corrected chi connectivity index (χ3v) is 5.59. The minimum absolute atomic E-state index is 0.00919. The van der Waals surface area contributed by atoms with Crippen molar-refractivity contribution in [2.45, 2.75) is 31.6 Å². The Morgan fingerprint density at radius 1 is 1.22 bits per heavy atom. The first-order valence-electron chi connectivity index (χ1n) is 9.70. The number of carbonyl (C=O) groups is 2. The van der Waals surface area contributed by atoms with Crippen molar-refractivity contribution in [3.63, 3.8) is 0 Å². The molecule has 166 valence electrons. The maximum absolute atomic E-state index is 13.9. The van der Waals surface area contributed by atoms with Gasteiger partial charge in [0.05, 0.1) is 22.3 Å². The van der Waals surface area contributed by atoms with Crippen molar-refractivity contribution < 1.29 is 18.9 Å². The number of hydrogen-bond acceptors (Lipinski definition) is 7. The Morgan fingerprint density at radius 2 is 1.97 bits per heavy atom. The highest BCUT2D eigenvalue weighted by Gasteiger charge is 2.21. The van der Waals surface area contributed by atoms with Gasteiger partial charge in [-0.2, -0.15) is 0 Å². The molecule has 0 fully saturated rings. The molecule has 0 bridgehead atoms. The molecule has 1 N–H and O–H groups in total. The zero-order valence-electron chi connectivity index (χ0n) is 17.3. The Labute approximate surface area is 187 Å². The number of ketones is 1. The Balaban J connectivity index is 1.70. The largest absolute Gasteiger partial charge is 0.342 e. The van der Waals surface area contributed by atoms with E-state index < -0.39 is 22.7 Å². The molecular formula is C21H20FN5O4S. The second-order valence-corrected chi connectivity index (χ2v) is 7.72. The number of amides is 1. The molecule has 0 radical (unpaired) electrons. The van der Waals surface area contributed by atoms with E-state index in [0.29, 0.717) is 17.5 Å². The summed E-state index contributed by atoms with van der Waals surface area (Å²) >= 11 is 1.14. The molecule has 0 saturated carbocycles. The summed E-state index contributed by atoms with van der Waals surface area (Å²) in [7, 11) is 0. The van der Waals surface area contributed by atoms with Crippen LogP contribution in [0.1, 0.15) is 46.4 Å². The number of benzene rings is 2. The number of nitrogens with zero attached hydrogens (tertiary/aromatic N) is 4. The molecule has 0 saturated heterocycles. The second-order valence-electron chi connectivity index (χ2n) is 6.78. The number of non-ortho nitro benzene ring substituents is 1. The zero-order valence-corrected chi connectivity index (χ0v) is 18.1. The minimum Gasteiger partial charge on any atom is -0.342 e. The van der Waals surface area contributed by atoms with E-state index >= 15 is 0 Å². The number of aromatic nitrogens is 3. The van der Waals surface area contributed by atoms with Crippen LogP contribution in [0.3, 0.4) is 0 Å². The van der Waals surface area contributed by atoms with Gasteiger partial charge in [0.1, 0.15) is 5.82 Å². The van der Waals surface area contributed by atoms with Crippen LogP contribution in [0.15, 0.2) is 53.7 Å². The molecule has 9 nitrogen and oxygen atoms in total. The van der Waals surface area contributed by atoms with Crippen LogP contribution >= 0.6 is 11.8 Å². The molecule has 0 unspecified atom stereocenters. The topological polar surface area (TPSA) is 120 Å². The number of nitro groups is 1. The van der Waals surface area contributed by atoms with Crippen molar-refractivity contribution in [1.29, 1.82) is 0 Å². The SMILES string of the molecule is CCn1c(SCC(=O)c2cccc([N+](=O)[O-])c2)nnc1[C@@H](C)NC(=O)c1ccccc1F. The van der Waals surface area contributed by atoms with Crippen molar-refractivity contribution in [2.24, 2.45) is 0 Å². The van der Waals surface area contributed by atoms with Crippen molar-refractivity contribution in [2.75, 3.05) is 5.75 Å². The quantitative estimate of drug-likeness (QED) is 0.224. The number of Topliss-reactive ketones (excluding diaryl/α,β-unsaturated/α-hetero) is 1. The molecule has 0 aliphatic carbocycles. The van der Waals surface area contributed by atoms with Crippen molar-refractivity contribution in [3.05, 3.63) is 81.4 Å². The monoisotopic (exact) mass is 457 g/mol. The van der Waals surface area contributed by atoms with Gasteiger partial charge in [-0.1, -0.05) is 36.0 Å². The maximum atomic E-state index is 13.9. The Hall–Kier alpha value is -3.60. The van der Waals surface area contributed by atoms with Gasteiger partial charge in [-0.3, -0.25) is 19.7 Å². The van der Waals surface area contributed by atoms with Crippen LogP contribution in [0.2, 0.25) is 0 Å². The molecule has 3 aromatic rings. The van der Waals surface area contributed by atoms with Crippen LogP contribution < -0.4 is 5.32 Å². The molecule has 2 aromatic carbocycles. The first-order chi connectivity index (χ1) is 15.3. The van der Waals surface area contributed by atoms with Gasteiger partial charge in [-0.15, -0.1) is 10.2 Å². The molecule has 0 aliphatic heterocycles. The number of hydrogen-bond donors (Lipinski definition) is 1. The number of thioether (sulfide) groups is 1. The summed E-state index contributed by atoms with van der Waals surface area (Å²) in [4.78, 5) is 35.2. The fourth-order valence-corrected chi connectivity index (χ4v) is 3.92. The number of nitro benzene ring substituents is 1. The van der Waals surface area contributed by atoms with Gasteiger partial charge in [-0.05, 0) is 26.0 Å². The predicted octanol–water partition coefficient (Wildman–Crippen LogP) is 3.81. The van der Waals surface area contributed by atoms with E-state index in [-0.39, 0.29) is 28.4 Å². The lowest BCUT2D eigenvalue weighted by Crippen LogP contribution is -2.29. The Bertz CT molecular complexity index is 1170. The number of halogens is 1. The van der Waals surface area contributed by atoms with E-state index in [1.165, 1.54) is 42.5 Å². The highest BCUT2D eigenvalue weighted by Crippen LogP contribution is 2.23. The lowest BCUT2D eigenvalue weighted by molar-refractivity contribution is -0.384. The summed E-state index contributed by atoms with van der Waals surface area (Å²) in [5, 5.41) is 22.3. The van der Waals surface area contributed by atoms with Gasteiger partial charge in [0.25, 0.3) is 11.6 Å². The van der Waals surface area contributed by atoms with Gasteiger partial charge < -0.3 is 9.88 Å². The lowest BCUT2D eigenvalue weighted by atomic mass is 10.1. The number of carbonyl (C=O) groups excluding carboxylic acids is 2. The van der Waals surface area contributed by atoms with Gasteiger partial charge in [0.2, 0.25) is 0 Å². The van der Waals surface area contributed by atoms with Crippen LogP contribution in [0.5, 0.6) is 0 Å². The Morgan fingerprint density at radius 3 is 2.66 bits per heavy atom. The van der Waals surface area contributed by atoms with Crippen LogP contribution in [0.4, 0.5) is 10.1 Å². The molecule has 1 heterocycles. The lowest BCUT2D eigenvalue weighted by Gasteiger charge is -2.15. The van der Waals surface area contributed by atoms with Gasteiger partial charge in [0, 0.05) is 24.2 Å². The predicted molar refractivity (Wildman–Crippen MR) is 116 cm³/mol. The van der Waals surface area contributed by atoms with E-state index in [4.69, 9.17) is 0 Å². The fraction of sp³-hybridized carbons (Fsp3) is 0.238. The van der Waals surface area contributed by atoms with E-state index in [1.54, 1.807) is 17.6 Å². The van der Waals surface area contributed by atoms with Crippen LogP contribution in [0.25, 0.3) is 0 Å². The first-order valence-corrected chi connectivity index (χ1v) is 10.7. The smallest absolute Gasteiger partial charge is 0.270 e. The molecule has 11 heteroatoms. The molecule has 3 rings (SSSR count). The van der Waals surface area contributed by atoms with E-state index in [9.17, 15) is 24.1 Å². The Kier molecular flexibility index (Phi) is 7.31. The maximum Gasteiger partial charge on any atom is 0.270 e. The van der Waals surface area contributed by atoms with Crippen molar-refractivity contribution in [1.82, 2.24) is 20.1 Å².